The maximum Gasteiger partial charge on any atom is 0.270 e. The highest BCUT2D eigenvalue weighted by Gasteiger charge is 2.08. The SMILES string of the molecule is CCOCCCn1ccc2cc([N+](=O)[O-])ccc21. The van der Waals surface area contributed by atoms with Crippen LogP contribution in [0.3, 0.4) is 0 Å². The molecular formula is C13H16N2O3. The molecule has 0 N–H and O–H groups in total. The minimum atomic E-state index is -0.369. The van der Waals surface area contributed by atoms with Crippen molar-refractivity contribution in [3.63, 3.8) is 0 Å². The van der Waals surface area contributed by atoms with Crippen molar-refractivity contribution in [3.8, 4) is 0 Å². The first-order chi connectivity index (χ1) is 8.72. The van der Waals surface area contributed by atoms with E-state index in [-0.39, 0.29) is 10.6 Å². The Bertz CT molecular complexity index is 548. The van der Waals surface area contributed by atoms with Gasteiger partial charge >= 0.3 is 0 Å². The Morgan fingerprint density at radius 2 is 2.22 bits per heavy atom. The molecule has 0 unspecified atom stereocenters. The number of rotatable bonds is 6. The van der Waals surface area contributed by atoms with Gasteiger partial charge in [-0.1, -0.05) is 0 Å². The van der Waals surface area contributed by atoms with E-state index in [4.69, 9.17) is 4.74 Å². The minimum Gasteiger partial charge on any atom is -0.382 e. The molecule has 0 aliphatic carbocycles. The number of non-ortho nitro benzene ring substituents is 1. The summed E-state index contributed by atoms with van der Waals surface area (Å²) in [7, 11) is 0. The Morgan fingerprint density at radius 1 is 1.39 bits per heavy atom. The molecule has 0 fully saturated rings. The highest BCUT2D eigenvalue weighted by molar-refractivity contribution is 5.82. The fraction of sp³-hybridized carbons (Fsp3) is 0.385. The Morgan fingerprint density at radius 3 is 2.94 bits per heavy atom. The average molecular weight is 248 g/mol. The number of benzene rings is 1. The summed E-state index contributed by atoms with van der Waals surface area (Å²) in [5.41, 5.74) is 1.16. The van der Waals surface area contributed by atoms with Gasteiger partial charge < -0.3 is 9.30 Å². The predicted molar refractivity (Wildman–Crippen MR) is 69.7 cm³/mol. The smallest absolute Gasteiger partial charge is 0.270 e. The van der Waals surface area contributed by atoms with Gasteiger partial charge in [-0.15, -0.1) is 0 Å². The van der Waals surface area contributed by atoms with Gasteiger partial charge in [0.05, 0.1) is 4.92 Å². The van der Waals surface area contributed by atoms with Gasteiger partial charge in [-0.05, 0) is 25.5 Å². The lowest BCUT2D eigenvalue weighted by Gasteiger charge is -2.05. The first-order valence-electron chi connectivity index (χ1n) is 6.03. The van der Waals surface area contributed by atoms with Crippen LogP contribution in [-0.4, -0.2) is 22.7 Å². The number of hydrogen-bond acceptors (Lipinski definition) is 3. The second kappa shape index (κ2) is 5.64. The lowest BCUT2D eigenvalue weighted by Crippen LogP contribution is -2.01. The first-order valence-corrected chi connectivity index (χ1v) is 6.03. The van der Waals surface area contributed by atoms with Crippen molar-refractivity contribution in [2.24, 2.45) is 0 Å². The van der Waals surface area contributed by atoms with Crippen LogP contribution in [0, 0.1) is 10.1 Å². The molecule has 1 aromatic heterocycles. The number of nitro benzene ring substituents is 1. The number of aromatic nitrogens is 1. The van der Waals surface area contributed by atoms with Crippen LogP contribution in [-0.2, 0) is 11.3 Å². The molecule has 96 valence electrons. The largest absolute Gasteiger partial charge is 0.382 e. The predicted octanol–water partition coefficient (Wildman–Crippen LogP) is 2.98. The van der Waals surface area contributed by atoms with Gasteiger partial charge in [-0.25, -0.2) is 0 Å². The summed E-state index contributed by atoms with van der Waals surface area (Å²) >= 11 is 0. The molecule has 2 aromatic rings. The molecule has 0 saturated heterocycles. The standard InChI is InChI=1S/C13H16N2O3/c1-2-18-9-3-7-14-8-6-11-10-12(15(16)17)4-5-13(11)14/h4-6,8,10H,2-3,7,9H2,1H3. The Balaban J connectivity index is 2.13. The molecule has 0 amide bonds. The van der Waals surface area contributed by atoms with E-state index in [2.05, 4.69) is 4.57 Å². The van der Waals surface area contributed by atoms with Gasteiger partial charge in [0, 0.05) is 49.0 Å². The van der Waals surface area contributed by atoms with Gasteiger partial charge in [0.15, 0.2) is 0 Å². The first kappa shape index (κ1) is 12.6. The van der Waals surface area contributed by atoms with Gasteiger partial charge in [0.1, 0.15) is 0 Å². The van der Waals surface area contributed by atoms with Gasteiger partial charge in [0.2, 0.25) is 0 Å². The van der Waals surface area contributed by atoms with Gasteiger partial charge in [-0.3, -0.25) is 10.1 Å². The van der Waals surface area contributed by atoms with Gasteiger partial charge in [0.25, 0.3) is 5.69 Å². The third-order valence-electron chi connectivity index (χ3n) is 2.86. The molecule has 1 aromatic carbocycles. The van der Waals surface area contributed by atoms with Crippen molar-refractivity contribution < 1.29 is 9.66 Å². The topological polar surface area (TPSA) is 57.3 Å². The Kier molecular flexibility index (Phi) is 3.94. The fourth-order valence-electron chi connectivity index (χ4n) is 1.98. The summed E-state index contributed by atoms with van der Waals surface area (Å²) in [5, 5.41) is 11.6. The average Bonchev–Trinajstić information content (AvgIpc) is 2.77. The highest BCUT2D eigenvalue weighted by Crippen LogP contribution is 2.22. The summed E-state index contributed by atoms with van der Waals surface area (Å²) in [4.78, 5) is 10.3. The van der Waals surface area contributed by atoms with Crippen LogP contribution in [0.2, 0.25) is 0 Å². The summed E-state index contributed by atoms with van der Waals surface area (Å²) in [6.45, 7) is 4.31. The molecule has 0 radical (unpaired) electrons. The van der Waals surface area contributed by atoms with E-state index < -0.39 is 0 Å². The van der Waals surface area contributed by atoms with Crippen molar-refractivity contribution in [3.05, 3.63) is 40.6 Å². The van der Waals surface area contributed by atoms with Crippen LogP contribution in [0.1, 0.15) is 13.3 Å². The summed E-state index contributed by atoms with van der Waals surface area (Å²) in [6, 6.07) is 6.85. The maximum atomic E-state index is 10.7. The summed E-state index contributed by atoms with van der Waals surface area (Å²) in [6.07, 6.45) is 2.90. The Labute approximate surface area is 105 Å². The van der Waals surface area contributed by atoms with Crippen LogP contribution in [0.5, 0.6) is 0 Å². The van der Waals surface area contributed by atoms with E-state index in [9.17, 15) is 10.1 Å². The molecule has 0 saturated carbocycles. The van der Waals surface area contributed by atoms with Crippen molar-refractivity contribution in [1.29, 1.82) is 0 Å². The number of hydrogen-bond donors (Lipinski definition) is 0. The monoisotopic (exact) mass is 248 g/mol. The van der Waals surface area contributed by atoms with Crippen LogP contribution in [0.4, 0.5) is 5.69 Å². The third-order valence-corrected chi connectivity index (χ3v) is 2.86. The number of aryl methyl sites for hydroxylation is 1. The zero-order valence-corrected chi connectivity index (χ0v) is 10.3. The lowest BCUT2D eigenvalue weighted by atomic mass is 10.2. The molecule has 0 atom stereocenters. The molecule has 0 aliphatic heterocycles. The summed E-state index contributed by atoms with van der Waals surface area (Å²) < 4.78 is 7.39. The molecule has 0 spiro atoms. The van der Waals surface area contributed by atoms with E-state index in [1.54, 1.807) is 18.2 Å². The van der Waals surface area contributed by atoms with E-state index in [0.29, 0.717) is 0 Å². The number of nitrogens with zero attached hydrogens (tertiary/aromatic N) is 2. The Hall–Kier alpha value is -1.88. The normalized spacial score (nSPS) is 10.9. The zero-order valence-electron chi connectivity index (χ0n) is 10.3. The summed E-state index contributed by atoms with van der Waals surface area (Å²) in [5.74, 6) is 0. The van der Waals surface area contributed by atoms with E-state index >= 15 is 0 Å². The van der Waals surface area contributed by atoms with Crippen LogP contribution in [0.15, 0.2) is 30.5 Å². The molecule has 5 nitrogen and oxygen atoms in total. The zero-order chi connectivity index (χ0) is 13.0. The maximum absolute atomic E-state index is 10.7. The number of ether oxygens (including phenoxy) is 1. The van der Waals surface area contributed by atoms with Crippen molar-refractivity contribution >= 4 is 16.6 Å². The van der Waals surface area contributed by atoms with Crippen LogP contribution >= 0.6 is 0 Å². The molecule has 5 heteroatoms. The second-order valence-electron chi connectivity index (χ2n) is 4.06. The third kappa shape index (κ3) is 2.68. The molecule has 0 bridgehead atoms. The van der Waals surface area contributed by atoms with Crippen molar-refractivity contribution in [2.75, 3.05) is 13.2 Å². The molecule has 18 heavy (non-hydrogen) atoms. The molecule has 2 rings (SSSR count). The van der Waals surface area contributed by atoms with Crippen molar-refractivity contribution in [1.82, 2.24) is 4.57 Å². The number of fused-ring (bicyclic) bond motifs is 1. The van der Waals surface area contributed by atoms with Crippen LogP contribution < -0.4 is 0 Å². The van der Waals surface area contributed by atoms with Crippen molar-refractivity contribution in [2.45, 2.75) is 19.9 Å². The minimum absolute atomic E-state index is 0.134. The molecule has 0 aliphatic rings. The quantitative estimate of drug-likeness (QED) is 0.448. The van der Waals surface area contributed by atoms with Gasteiger partial charge in [-0.2, -0.15) is 0 Å². The molecule has 1 heterocycles. The van der Waals surface area contributed by atoms with Crippen LogP contribution in [0.25, 0.3) is 10.9 Å². The lowest BCUT2D eigenvalue weighted by molar-refractivity contribution is -0.384. The van der Waals surface area contributed by atoms with E-state index in [1.807, 2.05) is 19.2 Å². The molecular weight excluding hydrogens is 232 g/mol. The number of nitro groups is 1. The van der Waals surface area contributed by atoms with E-state index in [1.165, 1.54) is 0 Å². The second-order valence-corrected chi connectivity index (χ2v) is 4.06. The van der Waals surface area contributed by atoms with E-state index in [0.717, 1.165) is 37.1 Å². The fourth-order valence-corrected chi connectivity index (χ4v) is 1.98. The highest BCUT2D eigenvalue weighted by atomic mass is 16.6.